The average Bonchev–Trinajstić information content (AvgIpc) is 2.84. The quantitative estimate of drug-likeness (QED) is 0.766. The molecule has 1 heterocycles. The van der Waals surface area contributed by atoms with Crippen molar-refractivity contribution in [2.75, 3.05) is 11.9 Å². The van der Waals surface area contributed by atoms with Crippen molar-refractivity contribution in [1.29, 1.82) is 0 Å². The molecule has 3 rings (SSSR count). The van der Waals surface area contributed by atoms with Crippen molar-refractivity contribution in [3.63, 3.8) is 0 Å². The van der Waals surface area contributed by atoms with Gasteiger partial charge in [-0.05, 0) is 23.6 Å². The zero-order chi connectivity index (χ0) is 12.7. The number of aromatic nitrogens is 1. The minimum atomic E-state index is 0.630. The number of rotatable bonds is 3. The van der Waals surface area contributed by atoms with Crippen LogP contribution in [0, 0.1) is 5.92 Å². The summed E-state index contributed by atoms with van der Waals surface area (Å²) in [6.45, 7) is 5.36. The van der Waals surface area contributed by atoms with Crippen LogP contribution in [0.4, 0.5) is 5.13 Å². The lowest BCUT2D eigenvalue weighted by atomic mass is 10.1. The summed E-state index contributed by atoms with van der Waals surface area (Å²) in [5, 5.41) is 5.20. The van der Waals surface area contributed by atoms with E-state index in [9.17, 15) is 0 Å². The maximum Gasteiger partial charge on any atom is 0.183 e. The largest absolute Gasteiger partial charge is 0.361 e. The van der Waals surface area contributed by atoms with E-state index in [4.69, 9.17) is 16.6 Å². The van der Waals surface area contributed by atoms with Crippen molar-refractivity contribution < 1.29 is 0 Å². The Morgan fingerprint density at radius 3 is 3.06 bits per heavy atom. The van der Waals surface area contributed by atoms with Gasteiger partial charge < -0.3 is 5.32 Å². The Kier molecular flexibility index (Phi) is 3.04. The molecule has 2 nitrogen and oxygen atoms in total. The Morgan fingerprint density at radius 1 is 1.44 bits per heavy atom. The van der Waals surface area contributed by atoms with Crippen LogP contribution in [0.2, 0.25) is 5.02 Å². The van der Waals surface area contributed by atoms with Crippen LogP contribution in [0.1, 0.15) is 24.3 Å². The first kappa shape index (κ1) is 12.0. The van der Waals surface area contributed by atoms with Gasteiger partial charge in [0.15, 0.2) is 5.13 Å². The standard InChI is InChI=1S/C14H15ClN2S/c1-8(2)7-16-14-17-13-11-6-10(15)4-3-9(11)5-12(13)18-14/h3-4,6,8H,5,7H2,1-2H3,(H,16,17). The van der Waals surface area contributed by atoms with Crippen LogP contribution in [0.3, 0.4) is 0 Å². The summed E-state index contributed by atoms with van der Waals surface area (Å²) < 4.78 is 0. The third-order valence-corrected chi connectivity index (χ3v) is 4.29. The lowest BCUT2D eigenvalue weighted by Crippen LogP contribution is -2.07. The van der Waals surface area contributed by atoms with Gasteiger partial charge in [-0.1, -0.05) is 31.5 Å². The topological polar surface area (TPSA) is 24.9 Å². The Bertz CT molecular complexity index is 589. The molecule has 0 atom stereocenters. The van der Waals surface area contributed by atoms with Gasteiger partial charge >= 0.3 is 0 Å². The van der Waals surface area contributed by atoms with Gasteiger partial charge in [-0.2, -0.15) is 0 Å². The molecule has 1 aromatic carbocycles. The fraction of sp³-hybridized carbons (Fsp3) is 0.357. The minimum Gasteiger partial charge on any atom is -0.361 e. The predicted octanol–water partition coefficient (Wildman–Crippen LogP) is 4.44. The molecule has 0 aliphatic heterocycles. The molecule has 0 spiro atoms. The summed E-state index contributed by atoms with van der Waals surface area (Å²) in [6.07, 6.45) is 0.989. The average molecular weight is 279 g/mol. The molecule has 0 saturated carbocycles. The Morgan fingerprint density at radius 2 is 2.28 bits per heavy atom. The first-order valence-electron chi connectivity index (χ1n) is 6.16. The number of fused-ring (bicyclic) bond motifs is 3. The molecular formula is C14H15ClN2S. The van der Waals surface area contributed by atoms with E-state index in [1.165, 1.54) is 16.0 Å². The van der Waals surface area contributed by atoms with Crippen molar-refractivity contribution in [3.05, 3.63) is 33.7 Å². The van der Waals surface area contributed by atoms with E-state index >= 15 is 0 Å². The summed E-state index contributed by atoms with van der Waals surface area (Å²) in [6, 6.07) is 6.08. The lowest BCUT2D eigenvalue weighted by molar-refractivity contribution is 0.688. The number of benzene rings is 1. The zero-order valence-corrected chi connectivity index (χ0v) is 12.0. The summed E-state index contributed by atoms with van der Waals surface area (Å²) in [4.78, 5) is 6.04. The minimum absolute atomic E-state index is 0.630. The van der Waals surface area contributed by atoms with Gasteiger partial charge in [0.1, 0.15) is 0 Å². The molecule has 18 heavy (non-hydrogen) atoms. The number of hydrogen-bond donors (Lipinski definition) is 1. The predicted molar refractivity (Wildman–Crippen MR) is 78.7 cm³/mol. The molecule has 1 aliphatic rings. The highest BCUT2D eigenvalue weighted by Gasteiger charge is 2.23. The van der Waals surface area contributed by atoms with Crippen molar-refractivity contribution >= 4 is 28.1 Å². The Labute approximate surface area is 116 Å². The van der Waals surface area contributed by atoms with Crippen LogP contribution in [-0.2, 0) is 6.42 Å². The number of nitrogens with zero attached hydrogens (tertiary/aromatic N) is 1. The second-order valence-electron chi connectivity index (χ2n) is 5.04. The maximum absolute atomic E-state index is 6.06. The first-order valence-corrected chi connectivity index (χ1v) is 7.35. The third-order valence-electron chi connectivity index (χ3n) is 3.04. The van der Waals surface area contributed by atoms with Crippen molar-refractivity contribution in [1.82, 2.24) is 4.98 Å². The lowest BCUT2D eigenvalue weighted by Gasteiger charge is -2.05. The van der Waals surface area contributed by atoms with E-state index < -0.39 is 0 Å². The third kappa shape index (κ3) is 2.13. The Hall–Kier alpha value is -1.06. The van der Waals surface area contributed by atoms with E-state index in [0.29, 0.717) is 5.92 Å². The second-order valence-corrected chi connectivity index (χ2v) is 6.56. The zero-order valence-electron chi connectivity index (χ0n) is 10.5. The molecule has 2 aromatic rings. The highest BCUT2D eigenvalue weighted by Crippen LogP contribution is 2.41. The molecule has 0 amide bonds. The normalized spacial score (nSPS) is 12.7. The second kappa shape index (κ2) is 4.56. The van der Waals surface area contributed by atoms with Gasteiger partial charge in [-0.3, -0.25) is 0 Å². The molecule has 1 aliphatic carbocycles. The summed E-state index contributed by atoms with van der Waals surface area (Å²) in [7, 11) is 0. The molecule has 1 aromatic heterocycles. The highest BCUT2D eigenvalue weighted by atomic mass is 35.5. The fourth-order valence-electron chi connectivity index (χ4n) is 2.15. The van der Waals surface area contributed by atoms with Gasteiger partial charge in [-0.25, -0.2) is 4.98 Å². The van der Waals surface area contributed by atoms with Gasteiger partial charge in [-0.15, -0.1) is 11.3 Å². The van der Waals surface area contributed by atoms with Crippen LogP contribution in [0.5, 0.6) is 0 Å². The number of thiazole rings is 1. The smallest absolute Gasteiger partial charge is 0.183 e. The molecular weight excluding hydrogens is 264 g/mol. The van der Waals surface area contributed by atoms with E-state index in [2.05, 4.69) is 25.2 Å². The highest BCUT2D eigenvalue weighted by molar-refractivity contribution is 7.16. The number of anilines is 1. The molecule has 0 bridgehead atoms. The molecule has 0 radical (unpaired) electrons. The van der Waals surface area contributed by atoms with E-state index in [1.54, 1.807) is 11.3 Å². The van der Waals surface area contributed by atoms with Gasteiger partial charge in [0.2, 0.25) is 0 Å². The van der Waals surface area contributed by atoms with E-state index in [0.717, 1.165) is 28.8 Å². The van der Waals surface area contributed by atoms with Gasteiger partial charge in [0.25, 0.3) is 0 Å². The number of halogens is 1. The first-order chi connectivity index (χ1) is 8.63. The monoisotopic (exact) mass is 278 g/mol. The van der Waals surface area contributed by atoms with E-state index in [-0.39, 0.29) is 0 Å². The molecule has 0 saturated heterocycles. The van der Waals surface area contributed by atoms with Crippen LogP contribution in [0.25, 0.3) is 11.3 Å². The maximum atomic E-state index is 6.06. The molecule has 4 heteroatoms. The molecule has 0 fully saturated rings. The molecule has 94 valence electrons. The summed E-state index contributed by atoms with van der Waals surface area (Å²) in [5.41, 5.74) is 3.65. The summed E-state index contributed by atoms with van der Waals surface area (Å²) in [5.74, 6) is 0.630. The van der Waals surface area contributed by atoms with Crippen molar-refractivity contribution in [2.24, 2.45) is 5.92 Å². The van der Waals surface area contributed by atoms with Gasteiger partial charge in [0, 0.05) is 28.4 Å². The van der Waals surface area contributed by atoms with Crippen molar-refractivity contribution in [3.8, 4) is 11.3 Å². The number of hydrogen-bond acceptors (Lipinski definition) is 3. The van der Waals surface area contributed by atoms with Crippen LogP contribution < -0.4 is 5.32 Å². The Balaban J connectivity index is 1.90. The summed E-state index contributed by atoms with van der Waals surface area (Å²) >= 11 is 7.82. The SMILES string of the molecule is CC(C)CNc1nc2c(s1)Cc1ccc(Cl)cc1-2. The van der Waals surface area contributed by atoms with Crippen LogP contribution in [-0.4, -0.2) is 11.5 Å². The van der Waals surface area contributed by atoms with Crippen molar-refractivity contribution in [2.45, 2.75) is 20.3 Å². The number of nitrogens with one attached hydrogen (secondary N) is 1. The molecule has 0 unspecified atom stereocenters. The van der Waals surface area contributed by atoms with E-state index in [1.807, 2.05) is 12.1 Å². The molecule has 1 N–H and O–H groups in total. The van der Waals surface area contributed by atoms with Gasteiger partial charge in [0.05, 0.1) is 5.69 Å². The van der Waals surface area contributed by atoms with Crippen LogP contribution >= 0.6 is 22.9 Å². The fourth-order valence-corrected chi connectivity index (χ4v) is 3.32. The van der Waals surface area contributed by atoms with Crippen LogP contribution in [0.15, 0.2) is 18.2 Å².